The van der Waals surface area contributed by atoms with Gasteiger partial charge in [0.15, 0.2) is 11.4 Å². The van der Waals surface area contributed by atoms with Crippen LogP contribution in [0.4, 0.5) is 5.69 Å². The lowest BCUT2D eigenvalue weighted by molar-refractivity contribution is -0.117. The number of rotatable bonds is 6. The number of ether oxygens (including phenoxy) is 2. The molecule has 1 amide bonds. The third kappa shape index (κ3) is 3.47. The molecule has 3 aromatic carbocycles. The highest BCUT2D eigenvalue weighted by Crippen LogP contribution is 2.59. The van der Waals surface area contributed by atoms with Crippen LogP contribution in [-0.2, 0) is 15.1 Å². The zero-order valence-electron chi connectivity index (χ0n) is 19.3. The minimum absolute atomic E-state index is 0.0427. The molecule has 3 N–H and O–H groups in total. The second-order valence-electron chi connectivity index (χ2n) is 8.59. The van der Waals surface area contributed by atoms with Gasteiger partial charge in [-0.2, -0.15) is 0 Å². The van der Waals surface area contributed by atoms with Crippen molar-refractivity contribution < 1.29 is 29.3 Å². The van der Waals surface area contributed by atoms with Crippen LogP contribution in [0.2, 0.25) is 0 Å². The first-order valence-electron chi connectivity index (χ1n) is 11.5. The van der Waals surface area contributed by atoms with E-state index >= 15 is 0 Å². The molecule has 0 saturated heterocycles. The van der Waals surface area contributed by atoms with Crippen LogP contribution in [-0.4, -0.2) is 28.1 Å². The van der Waals surface area contributed by atoms with Crippen LogP contribution in [0.1, 0.15) is 53.2 Å². The lowest BCUT2D eigenvalue weighted by Gasteiger charge is -2.37. The number of aromatic hydroxyl groups is 2. The highest BCUT2D eigenvalue weighted by molar-refractivity contribution is 6.00. The molecular formula is C26H22N4O6. The van der Waals surface area contributed by atoms with E-state index in [9.17, 15) is 19.8 Å². The predicted molar refractivity (Wildman–Crippen MR) is 129 cm³/mol. The van der Waals surface area contributed by atoms with Gasteiger partial charge in [-0.25, -0.2) is 4.79 Å². The average Bonchev–Trinajstić information content (AvgIpc) is 3.16. The van der Waals surface area contributed by atoms with E-state index in [-0.39, 0.29) is 28.7 Å². The Hall–Kier alpha value is -4.69. The quantitative estimate of drug-likeness (QED) is 0.138. The normalized spacial score (nSPS) is 17.6. The molecule has 0 saturated carbocycles. The first-order valence-corrected chi connectivity index (χ1v) is 11.5. The number of fused-ring (bicyclic) bond motifs is 6. The number of anilines is 1. The van der Waals surface area contributed by atoms with Gasteiger partial charge in [0.1, 0.15) is 29.0 Å². The number of benzene rings is 3. The largest absolute Gasteiger partial charge is 0.508 e. The fraction of sp³-hybridized carbons (Fsp3) is 0.231. The minimum atomic E-state index is -1.44. The summed E-state index contributed by atoms with van der Waals surface area (Å²) in [5, 5.41) is 27.1. The molecule has 2 atom stereocenters. The van der Waals surface area contributed by atoms with Crippen LogP contribution in [0, 0.1) is 0 Å². The van der Waals surface area contributed by atoms with E-state index in [0.717, 1.165) is 6.42 Å². The van der Waals surface area contributed by atoms with Gasteiger partial charge in [0.2, 0.25) is 5.91 Å². The first-order chi connectivity index (χ1) is 17.4. The molecule has 2 aliphatic rings. The highest BCUT2D eigenvalue weighted by atomic mass is 16.6. The van der Waals surface area contributed by atoms with Crippen LogP contribution < -0.4 is 10.1 Å². The maximum atomic E-state index is 13.0. The Morgan fingerprint density at radius 3 is 2.69 bits per heavy atom. The number of esters is 1. The zero-order chi connectivity index (χ0) is 25.4. The van der Waals surface area contributed by atoms with Crippen molar-refractivity contribution in [3.05, 3.63) is 87.3 Å². The van der Waals surface area contributed by atoms with Crippen molar-refractivity contribution in [2.24, 2.45) is 5.11 Å². The Balaban J connectivity index is 1.70. The summed E-state index contributed by atoms with van der Waals surface area (Å²) in [6.07, 6.45) is 1.79. The molecule has 2 heterocycles. The SMILES string of the molecule is CCCCC(N=[N+]=[N-])C(=O)Nc1c(O)ccc2c1Oc1cc(O)ccc1C21OC(=O)c2ccccc21. The lowest BCUT2D eigenvalue weighted by atomic mass is 9.77. The maximum absolute atomic E-state index is 13.0. The van der Waals surface area contributed by atoms with Gasteiger partial charge in [0.25, 0.3) is 0 Å². The number of carbonyl (C=O) groups excluding carboxylic acids is 2. The summed E-state index contributed by atoms with van der Waals surface area (Å²) in [7, 11) is 0. The van der Waals surface area contributed by atoms with Gasteiger partial charge in [-0.15, -0.1) is 0 Å². The van der Waals surface area contributed by atoms with Crippen LogP contribution in [0.15, 0.2) is 59.7 Å². The van der Waals surface area contributed by atoms with E-state index in [1.807, 2.05) is 6.92 Å². The van der Waals surface area contributed by atoms with E-state index in [4.69, 9.17) is 15.0 Å². The number of nitrogens with zero attached hydrogens (tertiary/aromatic N) is 3. The Labute approximate surface area is 205 Å². The number of nitrogens with one attached hydrogen (secondary N) is 1. The van der Waals surface area contributed by atoms with Gasteiger partial charge in [-0.3, -0.25) is 4.79 Å². The Bertz CT molecular complexity index is 1450. The maximum Gasteiger partial charge on any atom is 0.340 e. The molecule has 0 fully saturated rings. The Kier molecular flexibility index (Phi) is 5.66. The van der Waals surface area contributed by atoms with Crippen LogP contribution >= 0.6 is 0 Å². The lowest BCUT2D eigenvalue weighted by Crippen LogP contribution is -2.34. The zero-order valence-corrected chi connectivity index (χ0v) is 19.3. The van der Waals surface area contributed by atoms with E-state index in [0.29, 0.717) is 35.1 Å². The van der Waals surface area contributed by atoms with Crippen molar-refractivity contribution in [3.63, 3.8) is 0 Å². The number of amides is 1. The third-order valence-electron chi connectivity index (χ3n) is 6.42. The van der Waals surface area contributed by atoms with Crippen molar-refractivity contribution in [2.75, 3.05) is 5.32 Å². The molecule has 10 nitrogen and oxygen atoms in total. The molecule has 0 bridgehead atoms. The van der Waals surface area contributed by atoms with E-state index in [2.05, 4.69) is 15.3 Å². The van der Waals surface area contributed by atoms with Gasteiger partial charge < -0.3 is 25.0 Å². The van der Waals surface area contributed by atoms with Gasteiger partial charge in [-0.05, 0) is 42.3 Å². The molecule has 5 rings (SSSR count). The van der Waals surface area contributed by atoms with Gasteiger partial charge in [-0.1, -0.05) is 43.1 Å². The van der Waals surface area contributed by atoms with E-state index in [1.54, 1.807) is 36.4 Å². The second-order valence-corrected chi connectivity index (χ2v) is 8.59. The van der Waals surface area contributed by atoms with Gasteiger partial charge in [0.05, 0.1) is 11.1 Å². The molecule has 1 spiro atoms. The summed E-state index contributed by atoms with van der Waals surface area (Å²) in [5.41, 5.74) is 9.19. The van der Waals surface area contributed by atoms with Gasteiger partial charge in [0, 0.05) is 22.1 Å². The Morgan fingerprint density at radius 2 is 1.92 bits per heavy atom. The number of hydrogen-bond acceptors (Lipinski definition) is 7. The molecule has 3 aromatic rings. The molecule has 2 aliphatic heterocycles. The summed E-state index contributed by atoms with van der Waals surface area (Å²) >= 11 is 0. The van der Waals surface area contributed by atoms with E-state index in [1.165, 1.54) is 18.2 Å². The molecule has 182 valence electrons. The van der Waals surface area contributed by atoms with Crippen molar-refractivity contribution >= 4 is 17.6 Å². The fourth-order valence-corrected chi connectivity index (χ4v) is 4.74. The summed E-state index contributed by atoms with van der Waals surface area (Å²) in [5.74, 6) is -1.31. The molecule has 36 heavy (non-hydrogen) atoms. The number of phenolic OH excluding ortho intramolecular Hbond substituents is 2. The van der Waals surface area contributed by atoms with Crippen molar-refractivity contribution in [2.45, 2.75) is 37.8 Å². The monoisotopic (exact) mass is 486 g/mol. The Morgan fingerprint density at radius 1 is 1.14 bits per heavy atom. The topological polar surface area (TPSA) is 154 Å². The molecule has 0 radical (unpaired) electrons. The van der Waals surface area contributed by atoms with Crippen molar-refractivity contribution in [3.8, 4) is 23.0 Å². The molecule has 0 aromatic heterocycles. The number of unbranched alkanes of at least 4 members (excludes halogenated alkanes) is 1. The molecule has 2 unspecified atom stereocenters. The van der Waals surface area contributed by atoms with Crippen LogP contribution in [0.25, 0.3) is 10.4 Å². The summed E-state index contributed by atoms with van der Waals surface area (Å²) in [6.45, 7) is 1.95. The predicted octanol–water partition coefficient (Wildman–Crippen LogP) is 5.47. The molecular weight excluding hydrogens is 464 g/mol. The van der Waals surface area contributed by atoms with Crippen molar-refractivity contribution in [1.82, 2.24) is 0 Å². The summed E-state index contributed by atoms with van der Waals surface area (Å²) < 4.78 is 12.1. The molecule has 0 aliphatic carbocycles. The standard InChI is InChI=1S/C26H22N4O6/c1-2-3-8-19(29-30-27)24(33)28-22-20(32)12-11-18-23(22)35-21-13-14(31)9-10-17(21)26(18)16-7-5-4-6-15(16)25(34)36-26/h4-7,9-13,19,31-32H,2-3,8H2,1H3,(H,28,33). The third-order valence-corrected chi connectivity index (χ3v) is 6.42. The number of phenols is 2. The fourth-order valence-electron chi connectivity index (χ4n) is 4.74. The van der Waals surface area contributed by atoms with Crippen LogP contribution in [0.3, 0.4) is 0 Å². The number of carbonyl (C=O) groups is 2. The van der Waals surface area contributed by atoms with E-state index < -0.39 is 23.5 Å². The number of hydrogen-bond donors (Lipinski definition) is 3. The van der Waals surface area contributed by atoms with Crippen molar-refractivity contribution in [1.29, 1.82) is 0 Å². The summed E-state index contributed by atoms with van der Waals surface area (Å²) in [4.78, 5) is 28.8. The van der Waals surface area contributed by atoms with Crippen LogP contribution in [0.5, 0.6) is 23.0 Å². The first kappa shape index (κ1) is 23.1. The van der Waals surface area contributed by atoms with Gasteiger partial charge >= 0.3 is 5.97 Å². The minimum Gasteiger partial charge on any atom is -0.508 e. The average molecular weight is 486 g/mol. The second kappa shape index (κ2) is 8.83. The smallest absolute Gasteiger partial charge is 0.340 e. The molecule has 10 heteroatoms. The summed E-state index contributed by atoms with van der Waals surface area (Å²) in [6, 6.07) is 13.3. The highest BCUT2D eigenvalue weighted by Gasteiger charge is 2.54. The number of azide groups is 1.